The molecule has 15 nitrogen and oxygen atoms in total. The molecule has 15 heteroatoms. The molecule has 3 unspecified atom stereocenters. The Morgan fingerprint density at radius 3 is 2.15 bits per heavy atom. The van der Waals surface area contributed by atoms with E-state index in [9.17, 15) is 29.4 Å². The van der Waals surface area contributed by atoms with Crippen LogP contribution < -0.4 is 38.9 Å². The first-order valence-electron chi connectivity index (χ1n) is 16.3. The molecule has 1 aliphatic heterocycles. The number of nitrogens with zero attached hydrogens (tertiary/aromatic N) is 2. The molecule has 1 aliphatic rings. The zero-order chi connectivity index (χ0) is 35.1. The van der Waals surface area contributed by atoms with Crippen LogP contribution in [0.25, 0.3) is 0 Å². The van der Waals surface area contributed by atoms with Gasteiger partial charge >= 0.3 is 0 Å². The number of phenols is 2. The van der Waals surface area contributed by atoms with Gasteiger partial charge < -0.3 is 54.0 Å². The van der Waals surface area contributed by atoms with Crippen LogP contribution in [0.2, 0.25) is 0 Å². The summed E-state index contributed by atoms with van der Waals surface area (Å²) in [6, 6.07) is 9.47. The summed E-state index contributed by atoms with van der Waals surface area (Å²) in [6.07, 6.45) is 3.58. The summed E-state index contributed by atoms with van der Waals surface area (Å²) in [5.74, 6) is -1.97. The highest BCUT2D eigenvalue weighted by Crippen LogP contribution is 2.25. The summed E-state index contributed by atoms with van der Waals surface area (Å²) in [7, 11) is 0. The zero-order valence-corrected chi connectivity index (χ0v) is 27.1. The molecule has 13 N–H and O–H groups in total. The Hall–Kier alpha value is -4.89. The minimum absolute atomic E-state index is 0.0544. The molecule has 0 radical (unpaired) electrons. The summed E-state index contributed by atoms with van der Waals surface area (Å²) >= 11 is 0. The van der Waals surface area contributed by atoms with Crippen molar-refractivity contribution in [1.82, 2.24) is 20.9 Å². The molecule has 1 saturated heterocycles. The van der Waals surface area contributed by atoms with Crippen LogP contribution in [0.3, 0.4) is 0 Å². The summed E-state index contributed by atoms with van der Waals surface area (Å²) in [6.45, 7) is 1.42. The predicted octanol–water partition coefficient (Wildman–Crippen LogP) is -0.400. The Bertz CT molecular complexity index is 1380. The number of amides is 4. The third-order valence-corrected chi connectivity index (χ3v) is 8.20. The number of nitrogens with one attached hydrogen (secondary N) is 3. The SMILES string of the molecule is NCCCCC(NC(=O)[C@@H]1CCCN1C(=O)C(NCCc1ccc(O)cc1)c1ccc(O)cc1)C(=O)NC(CCCN=C(N)N)C(N)=O. The first kappa shape index (κ1) is 37.6. The van der Waals surface area contributed by atoms with Crippen molar-refractivity contribution in [3.8, 4) is 11.5 Å². The maximum absolute atomic E-state index is 14.1. The Morgan fingerprint density at radius 1 is 0.875 bits per heavy atom. The number of nitrogens with two attached hydrogens (primary N) is 4. The van der Waals surface area contributed by atoms with Crippen LogP contribution in [-0.4, -0.2) is 89.0 Å². The predicted molar refractivity (Wildman–Crippen MR) is 181 cm³/mol. The Morgan fingerprint density at radius 2 is 1.52 bits per heavy atom. The molecule has 0 aliphatic carbocycles. The smallest absolute Gasteiger partial charge is 0.244 e. The van der Waals surface area contributed by atoms with Gasteiger partial charge in [0.25, 0.3) is 0 Å². The van der Waals surface area contributed by atoms with E-state index in [1.165, 1.54) is 17.0 Å². The summed E-state index contributed by atoms with van der Waals surface area (Å²) in [5, 5.41) is 28.2. The first-order chi connectivity index (χ1) is 23.0. The minimum Gasteiger partial charge on any atom is -0.508 e. The number of aliphatic imine (C=N–C) groups is 1. The van der Waals surface area contributed by atoms with Crippen molar-refractivity contribution >= 4 is 29.6 Å². The number of hydrogen-bond acceptors (Lipinski definition) is 9. The summed E-state index contributed by atoms with van der Waals surface area (Å²) in [4.78, 5) is 58.7. The molecular weight excluding hydrogens is 618 g/mol. The van der Waals surface area contributed by atoms with Crippen molar-refractivity contribution in [2.24, 2.45) is 27.9 Å². The van der Waals surface area contributed by atoms with Gasteiger partial charge in [-0.15, -0.1) is 0 Å². The normalized spacial score (nSPS) is 16.0. The van der Waals surface area contributed by atoms with E-state index in [0.29, 0.717) is 63.7 Å². The molecule has 0 aromatic heterocycles. The second-order valence-electron chi connectivity index (χ2n) is 11.8. The fourth-order valence-corrected chi connectivity index (χ4v) is 5.60. The number of unbranched alkanes of at least 4 members (excludes halogenated alkanes) is 1. The van der Waals surface area contributed by atoms with Crippen molar-refractivity contribution in [3.63, 3.8) is 0 Å². The van der Waals surface area contributed by atoms with E-state index < -0.39 is 41.9 Å². The monoisotopic (exact) mass is 667 g/mol. The lowest BCUT2D eigenvalue weighted by atomic mass is 10.0. The number of primary amides is 1. The number of carbonyl (C=O) groups excluding carboxylic acids is 4. The van der Waals surface area contributed by atoms with Gasteiger partial charge in [0.05, 0.1) is 0 Å². The van der Waals surface area contributed by atoms with Crippen LogP contribution in [-0.2, 0) is 25.6 Å². The molecular formula is C33H49N9O6. The summed E-state index contributed by atoms with van der Waals surface area (Å²) < 4.78 is 0. The molecule has 4 amide bonds. The third kappa shape index (κ3) is 11.7. The van der Waals surface area contributed by atoms with Crippen molar-refractivity contribution in [2.45, 2.75) is 75.5 Å². The lowest BCUT2D eigenvalue weighted by Gasteiger charge is -2.30. The number of aromatic hydroxyl groups is 2. The van der Waals surface area contributed by atoms with E-state index in [1.54, 1.807) is 36.4 Å². The van der Waals surface area contributed by atoms with Gasteiger partial charge in [-0.25, -0.2) is 0 Å². The van der Waals surface area contributed by atoms with E-state index in [-0.39, 0.29) is 42.8 Å². The molecule has 2 aromatic rings. The van der Waals surface area contributed by atoms with Gasteiger partial charge in [0, 0.05) is 19.6 Å². The van der Waals surface area contributed by atoms with Crippen molar-refractivity contribution in [3.05, 3.63) is 59.7 Å². The van der Waals surface area contributed by atoms with Gasteiger partial charge in [0.15, 0.2) is 5.96 Å². The number of benzene rings is 2. The lowest BCUT2D eigenvalue weighted by molar-refractivity contribution is -0.141. The fraction of sp³-hybridized carbons (Fsp3) is 0.485. The molecule has 3 rings (SSSR count). The van der Waals surface area contributed by atoms with Crippen molar-refractivity contribution in [2.75, 3.05) is 26.2 Å². The molecule has 0 bridgehead atoms. The number of phenolic OH excluding ortho intramolecular Hbond substituents is 2. The van der Waals surface area contributed by atoms with Gasteiger partial charge in [-0.3, -0.25) is 24.2 Å². The third-order valence-electron chi connectivity index (χ3n) is 8.20. The number of rotatable bonds is 19. The van der Waals surface area contributed by atoms with Crippen LogP contribution in [0, 0.1) is 0 Å². The van der Waals surface area contributed by atoms with Gasteiger partial charge in [-0.1, -0.05) is 24.3 Å². The number of guanidine groups is 1. The average molecular weight is 668 g/mol. The van der Waals surface area contributed by atoms with Gasteiger partial charge in [0.1, 0.15) is 35.7 Å². The zero-order valence-electron chi connectivity index (χ0n) is 27.1. The number of carbonyl (C=O) groups is 4. The topological polar surface area (TPSA) is 265 Å². The summed E-state index contributed by atoms with van der Waals surface area (Å²) in [5.41, 5.74) is 23.5. The molecule has 4 atom stereocenters. The standard InChI is InChI=1S/C33H49N9O6/c34-17-2-1-5-26(30(46)40-25(29(35)45)6-3-18-39-33(36)37)41-31(47)27-7-4-20-42(27)32(48)28(22-10-14-24(44)15-11-22)38-19-16-21-8-12-23(43)13-9-21/h8-15,25-28,38,43-44H,1-7,16-20,34H2,(H2,35,45)(H,40,46)(H,41,47)(H4,36,37,39)/t25?,26?,27-,28?/m0/s1. The van der Waals surface area contributed by atoms with E-state index >= 15 is 0 Å². The van der Waals surface area contributed by atoms with Crippen LogP contribution in [0.5, 0.6) is 11.5 Å². The van der Waals surface area contributed by atoms with E-state index in [4.69, 9.17) is 22.9 Å². The molecule has 1 heterocycles. The second kappa shape index (κ2) is 19.1. The Labute approximate surface area is 280 Å². The van der Waals surface area contributed by atoms with E-state index in [2.05, 4.69) is 20.9 Å². The molecule has 1 fully saturated rings. The largest absolute Gasteiger partial charge is 0.508 e. The highest BCUT2D eigenvalue weighted by molar-refractivity contribution is 5.95. The number of hydrogen-bond donors (Lipinski definition) is 9. The number of likely N-dealkylation sites (tertiary alicyclic amines) is 1. The lowest BCUT2D eigenvalue weighted by Crippen LogP contribution is -2.56. The quantitative estimate of drug-likeness (QED) is 0.0531. The highest BCUT2D eigenvalue weighted by Gasteiger charge is 2.39. The van der Waals surface area contributed by atoms with Crippen molar-refractivity contribution < 1.29 is 29.4 Å². The first-order valence-corrected chi connectivity index (χ1v) is 16.3. The fourth-order valence-electron chi connectivity index (χ4n) is 5.60. The van der Waals surface area contributed by atoms with Crippen LogP contribution in [0.15, 0.2) is 53.5 Å². The maximum Gasteiger partial charge on any atom is 0.244 e. The van der Waals surface area contributed by atoms with Crippen molar-refractivity contribution in [1.29, 1.82) is 0 Å². The maximum atomic E-state index is 14.1. The van der Waals surface area contributed by atoms with E-state index in [1.807, 2.05) is 0 Å². The van der Waals surface area contributed by atoms with Gasteiger partial charge in [0.2, 0.25) is 23.6 Å². The minimum atomic E-state index is -0.996. The average Bonchev–Trinajstić information content (AvgIpc) is 3.55. The van der Waals surface area contributed by atoms with Crippen LogP contribution in [0.4, 0.5) is 0 Å². The second-order valence-corrected chi connectivity index (χ2v) is 11.8. The van der Waals surface area contributed by atoms with Gasteiger partial charge in [-0.2, -0.15) is 0 Å². The molecule has 0 spiro atoms. The highest BCUT2D eigenvalue weighted by atomic mass is 16.3. The van der Waals surface area contributed by atoms with Gasteiger partial charge in [-0.05, 0) is 93.3 Å². The van der Waals surface area contributed by atoms with E-state index in [0.717, 1.165) is 5.56 Å². The molecule has 48 heavy (non-hydrogen) atoms. The van der Waals surface area contributed by atoms with Crippen LogP contribution >= 0.6 is 0 Å². The Balaban J connectivity index is 1.73. The Kier molecular flexibility index (Phi) is 14.9. The molecule has 262 valence electrons. The van der Waals surface area contributed by atoms with Crippen LogP contribution in [0.1, 0.15) is 62.1 Å². The molecule has 0 saturated carbocycles. The molecule has 2 aromatic carbocycles.